The van der Waals surface area contributed by atoms with E-state index >= 15 is 0 Å². The first-order valence-corrected chi connectivity index (χ1v) is 9.51. The Morgan fingerprint density at radius 3 is 2.57 bits per heavy atom. The molecule has 0 saturated heterocycles. The number of aliphatic imine (C=N–C) groups is 1. The third kappa shape index (κ3) is 3.42. The summed E-state index contributed by atoms with van der Waals surface area (Å²) >= 11 is 0. The van der Waals surface area contributed by atoms with Crippen LogP contribution in [0.15, 0.2) is 53.5 Å². The number of carbonyl (C=O) groups excluding carboxylic acids is 2. The number of carbonyl (C=O) groups is 2. The molecular formula is C22H22FN3O2. The lowest BCUT2D eigenvalue weighted by atomic mass is 10.1. The summed E-state index contributed by atoms with van der Waals surface area (Å²) in [4.78, 5) is 32.1. The summed E-state index contributed by atoms with van der Waals surface area (Å²) in [6, 6.07) is 13.3. The summed E-state index contributed by atoms with van der Waals surface area (Å²) in [7, 11) is 0. The van der Waals surface area contributed by atoms with E-state index in [9.17, 15) is 14.0 Å². The van der Waals surface area contributed by atoms with Gasteiger partial charge in [-0.1, -0.05) is 12.1 Å². The highest BCUT2D eigenvalue weighted by molar-refractivity contribution is 6.47. The molecule has 1 spiro atoms. The minimum absolute atomic E-state index is 0.0546. The minimum atomic E-state index is -0.662. The first kappa shape index (κ1) is 18.3. The second-order valence-corrected chi connectivity index (χ2v) is 7.47. The van der Waals surface area contributed by atoms with Gasteiger partial charge in [0.05, 0.1) is 0 Å². The van der Waals surface area contributed by atoms with Crippen molar-refractivity contribution in [2.45, 2.75) is 38.3 Å². The average Bonchev–Trinajstić information content (AvgIpc) is 3.23. The molecule has 0 bridgehead atoms. The normalized spacial score (nSPS) is 17.9. The molecule has 144 valence electrons. The van der Waals surface area contributed by atoms with Crippen molar-refractivity contribution in [3.8, 4) is 0 Å². The summed E-state index contributed by atoms with van der Waals surface area (Å²) in [6.45, 7) is 1.90. The molecular weight excluding hydrogens is 357 g/mol. The number of rotatable bonds is 4. The Hall–Kier alpha value is -3.02. The predicted molar refractivity (Wildman–Crippen MR) is 106 cm³/mol. The summed E-state index contributed by atoms with van der Waals surface area (Å²) in [5.41, 5.74) is 1.98. The summed E-state index contributed by atoms with van der Waals surface area (Å²) < 4.78 is 13.3. The first-order chi connectivity index (χ1) is 13.5. The number of nitrogens with one attached hydrogen (secondary N) is 1. The van der Waals surface area contributed by atoms with Gasteiger partial charge in [-0.15, -0.1) is 0 Å². The largest absolute Gasteiger partial charge is 0.325 e. The van der Waals surface area contributed by atoms with E-state index in [2.05, 4.69) is 5.32 Å². The quantitative estimate of drug-likeness (QED) is 0.881. The number of amides is 2. The zero-order valence-corrected chi connectivity index (χ0v) is 15.7. The zero-order valence-electron chi connectivity index (χ0n) is 15.7. The molecule has 28 heavy (non-hydrogen) atoms. The van der Waals surface area contributed by atoms with Crippen molar-refractivity contribution in [3.05, 3.63) is 65.5 Å². The van der Waals surface area contributed by atoms with Crippen LogP contribution in [0.3, 0.4) is 0 Å². The highest BCUT2D eigenvalue weighted by atomic mass is 19.1. The summed E-state index contributed by atoms with van der Waals surface area (Å²) in [6.07, 6.45) is 3.40. The Labute approximate surface area is 163 Å². The smallest absolute Gasteiger partial charge is 0.275 e. The predicted octanol–water partition coefficient (Wildman–Crippen LogP) is 3.67. The van der Waals surface area contributed by atoms with Gasteiger partial charge in [0.25, 0.3) is 5.91 Å². The van der Waals surface area contributed by atoms with Crippen molar-refractivity contribution in [1.29, 1.82) is 0 Å². The SMILES string of the molecule is Cc1cccc(NC(=O)CN2C(=O)C(c3ccc(F)cc3)=NC23CCCC3)c1. The minimum Gasteiger partial charge on any atom is -0.325 e. The monoisotopic (exact) mass is 379 g/mol. The van der Waals surface area contributed by atoms with E-state index in [1.807, 2.05) is 31.2 Å². The van der Waals surface area contributed by atoms with E-state index in [1.165, 1.54) is 12.1 Å². The van der Waals surface area contributed by atoms with Crippen LogP contribution in [0.25, 0.3) is 0 Å². The molecule has 1 fully saturated rings. The third-order valence-corrected chi connectivity index (χ3v) is 5.40. The Morgan fingerprint density at radius 2 is 1.89 bits per heavy atom. The molecule has 0 atom stereocenters. The lowest BCUT2D eigenvalue weighted by molar-refractivity contribution is -0.132. The highest BCUT2D eigenvalue weighted by Crippen LogP contribution is 2.41. The first-order valence-electron chi connectivity index (χ1n) is 9.51. The molecule has 1 N–H and O–H groups in total. The molecule has 4 rings (SSSR count). The van der Waals surface area contributed by atoms with Crippen molar-refractivity contribution in [3.63, 3.8) is 0 Å². The molecule has 1 aliphatic carbocycles. The van der Waals surface area contributed by atoms with Crippen molar-refractivity contribution >= 4 is 23.2 Å². The number of halogens is 1. The van der Waals surface area contributed by atoms with E-state index in [-0.39, 0.29) is 24.2 Å². The Morgan fingerprint density at radius 1 is 1.18 bits per heavy atom. The Balaban J connectivity index is 1.57. The second-order valence-electron chi connectivity index (χ2n) is 7.47. The van der Waals surface area contributed by atoms with Crippen molar-refractivity contribution in [1.82, 2.24) is 4.90 Å². The topological polar surface area (TPSA) is 61.8 Å². The number of nitrogens with zero attached hydrogens (tertiary/aromatic N) is 2. The van der Waals surface area contributed by atoms with Crippen LogP contribution in [0, 0.1) is 12.7 Å². The van der Waals surface area contributed by atoms with Gasteiger partial charge in [-0.2, -0.15) is 0 Å². The fourth-order valence-electron chi connectivity index (χ4n) is 4.04. The van der Waals surface area contributed by atoms with E-state index < -0.39 is 5.66 Å². The molecule has 1 aliphatic heterocycles. The maximum Gasteiger partial charge on any atom is 0.275 e. The van der Waals surface area contributed by atoms with Crippen molar-refractivity contribution in [2.75, 3.05) is 11.9 Å². The molecule has 2 aromatic carbocycles. The number of hydrogen-bond donors (Lipinski definition) is 1. The molecule has 6 heteroatoms. The Bertz CT molecular complexity index is 947. The van der Waals surface area contributed by atoms with Crippen LogP contribution in [0.4, 0.5) is 10.1 Å². The van der Waals surface area contributed by atoms with Gasteiger partial charge in [0.15, 0.2) is 0 Å². The molecule has 0 aromatic heterocycles. The van der Waals surface area contributed by atoms with E-state index in [1.54, 1.807) is 17.0 Å². The lowest BCUT2D eigenvalue weighted by Gasteiger charge is -2.32. The van der Waals surface area contributed by atoms with E-state index in [0.29, 0.717) is 17.0 Å². The fraction of sp³-hybridized carbons (Fsp3) is 0.318. The van der Waals surface area contributed by atoms with Gasteiger partial charge >= 0.3 is 0 Å². The molecule has 0 radical (unpaired) electrons. The van der Waals surface area contributed by atoms with Gasteiger partial charge in [-0.05, 0) is 74.6 Å². The van der Waals surface area contributed by atoms with Gasteiger partial charge < -0.3 is 10.2 Å². The van der Waals surface area contributed by atoms with Crippen molar-refractivity contribution < 1.29 is 14.0 Å². The number of anilines is 1. The van der Waals surface area contributed by atoms with Gasteiger partial charge in [0.1, 0.15) is 23.7 Å². The van der Waals surface area contributed by atoms with Crippen LogP contribution in [0.5, 0.6) is 0 Å². The number of aryl methyl sites for hydroxylation is 1. The van der Waals surface area contributed by atoms with Crippen molar-refractivity contribution in [2.24, 2.45) is 4.99 Å². The standard InChI is InChI=1S/C22H22FN3O2/c1-15-5-4-6-18(13-15)24-19(27)14-26-21(28)20(16-7-9-17(23)10-8-16)25-22(26)11-2-3-12-22/h4-10,13H,2-3,11-12,14H2,1H3,(H,24,27). The zero-order chi connectivity index (χ0) is 19.7. The third-order valence-electron chi connectivity index (χ3n) is 5.40. The molecule has 1 saturated carbocycles. The average molecular weight is 379 g/mol. The molecule has 2 aliphatic rings. The maximum atomic E-state index is 13.3. The lowest BCUT2D eigenvalue weighted by Crippen LogP contribution is -2.48. The Kier molecular flexibility index (Phi) is 4.71. The molecule has 2 amide bonds. The molecule has 5 nitrogen and oxygen atoms in total. The molecule has 0 unspecified atom stereocenters. The van der Waals surface area contributed by atoms with E-state index in [4.69, 9.17) is 4.99 Å². The highest BCUT2D eigenvalue weighted by Gasteiger charge is 2.49. The van der Waals surface area contributed by atoms with Gasteiger partial charge in [-0.3, -0.25) is 14.6 Å². The molecule has 2 aromatic rings. The van der Waals surface area contributed by atoms with Gasteiger partial charge in [0.2, 0.25) is 5.91 Å². The maximum absolute atomic E-state index is 13.3. The number of hydrogen-bond acceptors (Lipinski definition) is 3. The van der Waals surface area contributed by atoms with Crippen LogP contribution in [0.2, 0.25) is 0 Å². The van der Waals surface area contributed by atoms with E-state index in [0.717, 1.165) is 31.2 Å². The second kappa shape index (κ2) is 7.19. The van der Waals surface area contributed by atoms with Crippen LogP contribution >= 0.6 is 0 Å². The summed E-state index contributed by atoms with van der Waals surface area (Å²) in [5, 5.41) is 2.87. The molecule has 1 heterocycles. The van der Waals surface area contributed by atoms with Gasteiger partial charge in [0, 0.05) is 11.3 Å². The van der Waals surface area contributed by atoms with Gasteiger partial charge in [-0.25, -0.2) is 4.39 Å². The van der Waals surface area contributed by atoms with Crippen LogP contribution in [0.1, 0.15) is 36.8 Å². The summed E-state index contributed by atoms with van der Waals surface area (Å²) in [5.74, 6) is -0.881. The van der Waals surface area contributed by atoms with Crippen LogP contribution < -0.4 is 5.32 Å². The van der Waals surface area contributed by atoms with Crippen LogP contribution in [-0.2, 0) is 9.59 Å². The fourth-order valence-corrected chi connectivity index (χ4v) is 4.04. The van der Waals surface area contributed by atoms with Crippen LogP contribution in [-0.4, -0.2) is 34.6 Å². The number of benzene rings is 2.